The fourth-order valence-corrected chi connectivity index (χ4v) is 2.76. The topological polar surface area (TPSA) is 53.0 Å². The second-order valence-corrected chi connectivity index (χ2v) is 5.56. The molecule has 2 aliphatic rings. The molecule has 20 heavy (non-hydrogen) atoms. The van der Waals surface area contributed by atoms with Gasteiger partial charge in [-0.25, -0.2) is 0 Å². The molecule has 1 N–H and O–H groups in total. The van der Waals surface area contributed by atoms with Crippen LogP contribution in [0.2, 0.25) is 0 Å². The lowest BCUT2D eigenvalue weighted by atomic mass is 9.86. The van der Waals surface area contributed by atoms with Crippen molar-refractivity contribution in [2.45, 2.75) is 12.6 Å². The molecule has 0 aromatic rings. The van der Waals surface area contributed by atoms with Crippen molar-refractivity contribution in [2.24, 2.45) is 5.41 Å². The maximum atomic E-state index is 12.3. The van der Waals surface area contributed by atoms with Gasteiger partial charge in [0.25, 0.3) is 0 Å². The summed E-state index contributed by atoms with van der Waals surface area (Å²) in [5, 5.41) is 9.33. The Balaban J connectivity index is 1.83. The number of carbonyl (C=O) groups is 1. The van der Waals surface area contributed by atoms with Crippen LogP contribution in [0.1, 0.15) is 6.42 Å². The summed E-state index contributed by atoms with van der Waals surface area (Å²) in [4.78, 5) is 14.7. The molecule has 2 rings (SSSR count). The molecule has 0 bridgehead atoms. The highest BCUT2D eigenvalue weighted by Gasteiger charge is 2.44. The number of hydrogen-bond acceptors (Lipinski definition) is 4. The Labute approximate surface area is 115 Å². The van der Waals surface area contributed by atoms with E-state index in [1.165, 1.54) is 4.90 Å². The molecule has 1 atom stereocenters. The van der Waals surface area contributed by atoms with Crippen molar-refractivity contribution in [3.8, 4) is 0 Å². The molecule has 0 aromatic heterocycles. The summed E-state index contributed by atoms with van der Waals surface area (Å²) >= 11 is 0. The number of halogens is 3. The summed E-state index contributed by atoms with van der Waals surface area (Å²) in [6.07, 6.45) is -3.71. The van der Waals surface area contributed by atoms with Crippen molar-refractivity contribution >= 4 is 5.97 Å². The SMILES string of the molecule is O=C(O)C1(CN2CCN(CC(F)(F)F)CC2)CCOC1. The van der Waals surface area contributed by atoms with Crippen LogP contribution in [0.5, 0.6) is 0 Å². The third kappa shape index (κ3) is 3.83. The molecule has 1 unspecified atom stereocenters. The van der Waals surface area contributed by atoms with Crippen molar-refractivity contribution in [2.75, 3.05) is 52.5 Å². The fraction of sp³-hybridized carbons (Fsp3) is 0.917. The zero-order valence-electron chi connectivity index (χ0n) is 11.2. The summed E-state index contributed by atoms with van der Waals surface area (Å²) in [5.41, 5.74) is -0.897. The van der Waals surface area contributed by atoms with E-state index in [-0.39, 0.29) is 6.61 Å². The fourth-order valence-electron chi connectivity index (χ4n) is 2.76. The first kappa shape index (κ1) is 15.5. The molecule has 0 aliphatic carbocycles. The highest BCUT2D eigenvalue weighted by molar-refractivity contribution is 5.75. The molecule has 0 aromatic carbocycles. The minimum Gasteiger partial charge on any atom is -0.481 e. The van der Waals surface area contributed by atoms with E-state index in [4.69, 9.17) is 4.74 Å². The molecule has 116 valence electrons. The van der Waals surface area contributed by atoms with E-state index in [2.05, 4.69) is 0 Å². The van der Waals surface area contributed by atoms with Crippen LogP contribution in [-0.2, 0) is 9.53 Å². The quantitative estimate of drug-likeness (QED) is 0.826. The van der Waals surface area contributed by atoms with E-state index in [9.17, 15) is 23.1 Å². The van der Waals surface area contributed by atoms with E-state index in [1.54, 1.807) is 0 Å². The second kappa shape index (κ2) is 5.87. The molecule has 0 spiro atoms. The Kier molecular flexibility index (Phi) is 4.55. The molecule has 5 nitrogen and oxygen atoms in total. The van der Waals surface area contributed by atoms with Gasteiger partial charge in [0.05, 0.1) is 13.2 Å². The van der Waals surface area contributed by atoms with E-state index >= 15 is 0 Å². The van der Waals surface area contributed by atoms with Crippen molar-refractivity contribution in [3.63, 3.8) is 0 Å². The highest BCUT2D eigenvalue weighted by atomic mass is 19.4. The van der Waals surface area contributed by atoms with Gasteiger partial charge in [0.2, 0.25) is 0 Å². The maximum Gasteiger partial charge on any atom is 0.401 e. The smallest absolute Gasteiger partial charge is 0.401 e. The number of alkyl halides is 3. The monoisotopic (exact) mass is 296 g/mol. The molecular weight excluding hydrogens is 277 g/mol. The van der Waals surface area contributed by atoms with Crippen LogP contribution in [0.3, 0.4) is 0 Å². The van der Waals surface area contributed by atoms with Crippen LogP contribution in [0.25, 0.3) is 0 Å². The first-order valence-corrected chi connectivity index (χ1v) is 6.63. The molecule has 8 heteroatoms. The molecule has 0 amide bonds. The van der Waals surface area contributed by atoms with Crippen molar-refractivity contribution in [1.82, 2.24) is 9.80 Å². The predicted molar refractivity (Wildman–Crippen MR) is 64.4 cm³/mol. The Hall–Kier alpha value is -0.860. The number of nitrogens with zero attached hydrogens (tertiary/aromatic N) is 2. The van der Waals surface area contributed by atoms with Crippen molar-refractivity contribution < 1.29 is 27.8 Å². The lowest BCUT2D eigenvalue weighted by molar-refractivity contribution is -0.153. The van der Waals surface area contributed by atoms with Crippen molar-refractivity contribution in [3.05, 3.63) is 0 Å². The Bertz CT molecular complexity index is 348. The van der Waals surface area contributed by atoms with Crippen LogP contribution in [0, 0.1) is 5.41 Å². The number of carboxylic acid groups (broad SMARTS) is 1. The van der Waals surface area contributed by atoms with E-state index < -0.39 is 24.1 Å². The number of rotatable bonds is 4. The summed E-state index contributed by atoms with van der Waals surface area (Å²) in [5.74, 6) is -0.882. The number of hydrogen-bond donors (Lipinski definition) is 1. The van der Waals surface area contributed by atoms with Crippen molar-refractivity contribution in [1.29, 1.82) is 0 Å². The van der Waals surface area contributed by atoms with Crippen LogP contribution >= 0.6 is 0 Å². The Morgan fingerprint density at radius 3 is 2.25 bits per heavy atom. The number of carboxylic acids is 1. The van der Waals surface area contributed by atoms with Crippen LogP contribution < -0.4 is 0 Å². The third-order valence-electron chi connectivity index (χ3n) is 3.95. The Morgan fingerprint density at radius 1 is 1.20 bits per heavy atom. The normalized spacial score (nSPS) is 29.8. The minimum absolute atomic E-state index is 0.186. The van der Waals surface area contributed by atoms with Crippen LogP contribution in [0.15, 0.2) is 0 Å². The zero-order valence-corrected chi connectivity index (χ0v) is 11.2. The number of piperazine rings is 1. The van der Waals surface area contributed by atoms with Gasteiger partial charge in [-0.05, 0) is 6.42 Å². The lowest BCUT2D eigenvalue weighted by Crippen LogP contribution is -2.53. The van der Waals surface area contributed by atoms with Gasteiger partial charge >= 0.3 is 12.1 Å². The van der Waals surface area contributed by atoms with E-state index in [0.29, 0.717) is 45.8 Å². The van der Waals surface area contributed by atoms with Gasteiger partial charge in [-0.2, -0.15) is 13.2 Å². The summed E-state index contributed by atoms with van der Waals surface area (Å²) < 4.78 is 42.0. The van der Waals surface area contributed by atoms with Gasteiger partial charge in [-0.1, -0.05) is 0 Å². The molecular formula is C12H19F3N2O3. The first-order chi connectivity index (χ1) is 9.31. The van der Waals surface area contributed by atoms with Gasteiger partial charge in [0.1, 0.15) is 5.41 Å². The second-order valence-electron chi connectivity index (χ2n) is 5.56. The molecule has 0 radical (unpaired) electrons. The van der Waals surface area contributed by atoms with Gasteiger partial charge < -0.3 is 9.84 Å². The van der Waals surface area contributed by atoms with Gasteiger partial charge in [-0.3, -0.25) is 14.6 Å². The third-order valence-corrected chi connectivity index (χ3v) is 3.95. The van der Waals surface area contributed by atoms with Crippen LogP contribution in [-0.4, -0.2) is 79.5 Å². The van der Waals surface area contributed by atoms with E-state index in [0.717, 1.165) is 0 Å². The number of aliphatic carboxylic acids is 1. The summed E-state index contributed by atoms with van der Waals surface area (Å²) in [7, 11) is 0. The summed E-state index contributed by atoms with van der Waals surface area (Å²) in [6, 6.07) is 0. The van der Waals surface area contributed by atoms with Crippen LogP contribution in [0.4, 0.5) is 13.2 Å². The molecule has 0 saturated carbocycles. The predicted octanol–water partition coefficient (Wildman–Crippen LogP) is 0.658. The van der Waals surface area contributed by atoms with Gasteiger partial charge in [0, 0.05) is 39.3 Å². The standard InChI is InChI=1S/C12H19F3N2O3/c13-12(14,15)8-17-4-2-16(3-5-17)7-11(10(18)19)1-6-20-9-11/h1-9H2,(H,18,19). The van der Waals surface area contributed by atoms with Gasteiger partial charge in [0.15, 0.2) is 0 Å². The zero-order chi connectivity index (χ0) is 14.8. The molecule has 2 heterocycles. The maximum absolute atomic E-state index is 12.3. The molecule has 2 fully saturated rings. The minimum atomic E-state index is -4.18. The largest absolute Gasteiger partial charge is 0.481 e. The first-order valence-electron chi connectivity index (χ1n) is 6.63. The Morgan fingerprint density at radius 2 is 1.80 bits per heavy atom. The highest BCUT2D eigenvalue weighted by Crippen LogP contribution is 2.30. The van der Waals surface area contributed by atoms with E-state index in [1.807, 2.05) is 4.90 Å². The number of ether oxygens (including phenoxy) is 1. The molecule has 2 saturated heterocycles. The lowest BCUT2D eigenvalue weighted by Gasteiger charge is -2.38. The van der Waals surface area contributed by atoms with Gasteiger partial charge in [-0.15, -0.1) is 0 Å². The summed E-state index contributed by atoms with van der Waals surface area (Å²) in [6.45, 7) is 1.63. The average molecular weight is 296 g/mol. The average Bonchev–Trinajstić information content (AvgIpc) is 2.80. The molecule has 2 aliphatic heterocycles.